The standard InChI is InChI=1S/C19H19F3N2O5S/c1-14-7-9-16(10-8-14)30(28)13-18(12-24(26)27,19(20,21)22)23-17(25)29-11-15-5-3-2-4-6-15/h2-10H,11-13H2,1H3,(H,23,25)/t18-,30+/m0/s1. The summed E-state index contributed by atoms with van der Waals surface area (Å²) >= 11 is 0. The van der Waals surface area contributed by atoms with Crippen LogP contribution in [0.3, 0.4) is 0 Å². The van der Waals surface area contributed by atoms with Crippen LogP contribution in [-0.4, -0.2) is 39.2 Å². The Morgan fingerprint density at radius 1 is 1.13 bits per heavy atom. The van der Waals surface area contributed by atoms with Crippen LogP contribution in [-0.2, 0) is 22.1 Å². The van der Waals surface area contributed by atoms with E-state index in [9.17, 15) is 32.3 Å². The molecule has 0 aliphatic carbocycles. The average molecular weight is 444 g/mol. The molecule has 162 valence electrons. The fourth-order valence-electron chi connectivity index (χ4n) is 2.54. The molecule has 0 unspecified atom stereocenters. The number of alkyl carbamates (subject to hydrolysis) is 1. The molecule has 0 spiro atoms. The first-order valence-corrected chi connectivity index (χ1v) is 9.97. The Morgan fingerprint density at radius 3 is 2.27 bits per heavy atom. The van der Waals surface area contributed by atoms with Gasteiger partial charge in [0.15, 0.2) is 0 Å². The number of nitrogens with one attached hydrogen (secondary N) is 1. The molecule has 1 amide bonds. The molecule has 0 aromatic heterocycles. The predicted molar refractivity (Wildman–Crippen MR) is 103 cm³/mol. The summed E-state index contributed by atoms with van der Waals surface area (Å²) in [5.41, 5.74) is -2.06. The zero-order chi connectivity index (χ0) is 22.4. The zero-order valence-electron chi connectivity index (χ0n) is 15.8. The van der Waals surface area contributed by atoms with Gasteiger partial charge in [-0.2, -0.15) is 13.2 Å². The quantitative estimate of drug-likeness (QED) is 0.496. The Balaban J connectivity index is 2.25. The lowest BCUT2D eigenvalue weighted by molar-refractivity contribution is -0.499. The number of benzene rings is 2. The van der Waals surface area contributed by atoms with E-state index in [1.807, 2.05) is 0 Å². The van der Waals surface area contributed by atoms with Gasteiger partial charge >= 0.3 is 12.3 Å². The third kappa shape index (κ3) is 6.28. The number of rotatable bonds is 8. The van der Waals surface area contributed by atoms with Gasteiger partial charge in [0.25, 0.3) is 0 Å². The summed E-state index contributed by atoms with van der Waals surface area (Å²) in [7, 11) is -2.28. The van der Waals surface area contributed by atoms with Gasteiger partial charge in [-0.1, -0.05) is 48.0 Å². The maximum Gasteiger partial charge on any atom is 0.419 e. The number of alkyl halides is 3. The van der Waals surface area contributed by atoms with Gasteiger partial charge in [0.1, 0.15) is 6.61 Å². The number of hydrogen-bond acceptors (Lipinski definition) is 5. The van der Waals surface area contributed by atoms with E-state index in [4.69, 9.17) is 4.74 Å². The highest BCUT2D eigenvalue weighted by molar-refractivity contribution is 7.85. The molecule has 7 nitrogen and oxygen atoms in total. The van der Waals surface area contributed by atoms with E-state index in [-0.39, 0.29) is 11.5 Å². The first-order valence-electron chi connectivity index (χ1n) is 8.65. The van der Waals surface area contributed by atoms with Gasteiger partial charge in [-0.15, -0.1) is 0 Å². The lowest BCUT2D eigenvalue weighted by Crippen LogP contribution is -2.65. The SMILES string of the molecule is Cc1ccc([S@](=O)C[C@](C[N+](=O)[O-])(NC(=O)OCc2ccccc2)C(F)(F)F)cc1. The summed E-state index contributed by atoms with van der Waals surface area (Å²) in [4.78, 5) is 21.9. The average Bonchev–Trinajstić information content (AvgIpc) is 2.66. The highest BCUT2D eigenvalue weighted by atomic mass is 32.2. The number of carbonyl (C=O) groups is 1. The van der Waals surface area contributed by atoms with Crippen LogP contribution in [0.2, 0.25) is 0 Å². The molecule has 0 aliphatic rings. The number of ether oxygens (including phenoxy) is 1. The minimum atomic E-state index is -5.26. The molecule has 0 heterocycles. The molecule has 2 atom stereocenters. The molecule has 0 fully saturated rings. The van der Waals surface area contributed by atoms with Crippen LogP contribution in [0, 0.1) is 17.0 Å². The Kier molecular flexibility index (Phi) is 7.54. The summed E-state index contributed by atoms with van der Waals surface area (Å²) in [6, 6.07) is 14.0. The topological polar surface area (TPSA) is 98.5 Å². The first-order chi connectivity index (χ1) is 14.0. The van der Waals surface area contributed by atoms with E-state index in [2.05, 4.69) is 0 Å². The Hall–Kier alpha value is -2.95. The van der Waals surface area contributed by atoms with Gasteiger partial charge in [-0.25, -0.2) is 4.79 Å². The molecule has 2 aromatic carbocycles. The van der Waals surface area contributed by atoms with E-state index in [0.29, 0.717) is 5.56 Å². The van der Waals surface area contributed by atoms with Crippen molar-refractivity contribution in [3.8, 4) is 0 Å². The van der Waals surface area contributed by atoms with Gasteiger partial charge in [0.05, 0.1) is 16.6 Å². The fraction of sp³-hybridized carbons (Fsp3) is 0.316. The molecular formula is C19H19F3N2O5S. The molecule has 0 aliphatic heterocycles. The monoisotopic (exact) mass is 444 g/mol. The summed E-state index contributed by atoms with van der Waals surface area (Å²) in [5.74, 6) is -1.24. The van der Waals surface area contributed by atoms with Gasteiger partial charge in [-0.3, -0.25) is 14.3 Å². The van der Waals surface area contributed by atoms with E-state index in [1.165, 1.54) is 12.1 Å². The van der Waals surface area contributed by atoms with E-state index in [0.717, 1.165) is 5.56 Å². The second kappa shape index (κ2) is 9.70. The molecule has 0 bridgehead atoms. The molecular weight excluding hydrogens is 425 g/mol. The van der Waals surface area contributed by atoms with E-state index >= 15 is 0 Å². The normalized spacial score (nSPS) is 14.4. The van der Waals surface area contributed by atoms with E-state index in [1.54, 1.807) is 54.7 Å². The fourth-order valence-corrected chi connectivity index (χ4v) is 3.92. The third-order valence-electron chi connectivity index (χ3n) is 4.16. The number of aryl methyl sites for hydroxylation is 1. The lowest BCUT2D eigenvalue weighted by Gasteiger charge is -2.32. The van der Waals surface area contributed by atoms with Crippen LogP contribution < -0.4 is 5.32 Å². The number of amides is 1. The lowest BCUT2D eigenvalue weighted by atomic mass is 10.0. The minimum Gasteiger partial charge on any atom is -0.445 e. The maximum absolute atomic E-state index is 13.9. The number of halogens is 3. The number of carbonyl (C=O) groups excluding carboxylic acids is 1. The molecule has 1 N–H and O–H groups in total. The van der Waals surface area contributed by atoms with Crippen LogP contribution in [0.5, 0.6) is 0 Å². The second-order valence-electron chi connectivity index (χ2n) is 6.56. The predicted octanol–water partition coefficient (Wildman–Crippen LogP) is 3.61. The molecule has 0 saturated heterocycles. The zero-order valence-corrected chi connectivity index (χ0v) is 16.7. The maximum atomic E-state index is 13.9. The number of hydrogen-bond donors (Lipinski definition) is 1. The summed E-state index contributed by atoms with van der Waals surface area (Å²) in [5, 5.41) is 12.6. The van der Waals surface area contributed by atoms with Crippen molar-refractivity contribution in [1.82, 2.24) is 5.32 Å². The van der Waals surface area contributed by atoms with Crippen molar-refractivity contribution in [3.05, 3.63) is 75.8 Å². The van der Waals surface area contributed by atoms with Crippen molar-refractivity contribution in [2.45, 2.75) is 30.1 Å². The van der Waals surface area contributed by atoms with Crippen molar-refractivity contribution in [2.75, 3.05) is 12.3 Å². The molecule has 2 aromatic rings. The molecule has 30 heavy (non-hydrogen) atoms. The molecule has 0 saturated carbocycles. The van der Waals surface area contributed by atoms with Crippen LogP contribution >= 0.6 is 0 Å². The first kappa shape index (κ1) is 23.3. The highest BCUT2D eigenvalue weighted by Crippen LogP contribution is 2.33. The van der Waals surface area contributed by atoms with Gasteiger partial charge in [0, 0.05) is 9.82 Å². The van der Waals surface area contributed by atoms with Gasteiger partial charge in [-0.05, 0) is 24.6 Å². The Morgan fingerprint density at radius 2 is 1.73 bits per heavy atom. The van der Waals surface area contributed by atoms with Crippen LogP contribution in [0.4, 0.5) is 18.0 Å². The van der Waals surface area contributed by atoms with Crippen molar-refractivity contribution in [3.63, 3.8) is 0 Å². The summed E-state index contributed by atoms with van der Waals surface area (Å²) < 4.78 is 59.0. The highest BCUT2D eigenvalue weighted by Gasteiger charge is 2.61. The summed E-state index contributed by atoms with van der Waals surface area (Å²) in [6.07, 6.45) is -6.76. The van der Waals surface area contributed by atoms with Crippen molar-refractivity contribution >= 4 is 16.9 Å². The largest absolute Gasteiger partial charge is 0.445 e. The molecule has 0 radical (unpaired) electrons. The van der Waals surface area contributed by atoms with Crippen LogP contribution in [0.25, 0.3) is 0 Å². The second-order valence-corrected chi connectivity index (χ2v) is 8.01. The van der Waals surface area contributed by atoms with Crippen molar-refractivity contribution in [2.24, 2.45) is 0 Å². The van der Waals surface area contributed by atoms with Gasteiger partial charge < -0.3 is 10.1 Å². The van der Waals surface area contributed by atoms with Gasteiger partial charge in [0.2, 0.25) is 12.1 Å². The van der Waals surface area contributed by atoms with Crippen LogP contribution in [0.1, 0.15) is 11.1 Å². The van der Waals surface area contributed by atoms with Crippen LogP contribution in [0.15, 0.2) is 59.5 Å². The number of nitrogens with zero attached hydrogens (tertiary/aromatic N) is 1. The Bertz CT molecular complexity index is 907. The smallest absolute Gasteiger partial charge is 0.419 e. The van der Waals surface area contributed by atoms with Crippen molar-refractivity contribution < 1.29 is 31.8 Å². The third-order valence-corrected chi connectivity index (χ3v) is 5.71. The Labute approximate surface area is 172 Å². The van der Waals surface area contributed by atoms with E-state index < -0.39 is 45.8 Å². The van der Waals surface area contributed by atoms with Crippen molar-refractivity contribution in [1.29, 1.82) is 0 Å². The summed E-state index contributed by atoms with van der Waals surface area (Å²) in [6.45, 7) is -0.293. The molecule has 2 rings (SSSR count). The minimum absolute atomic E-state index is 0.0528. The molecule has 11 heteroatoms. The number of nitro groups is 1.